The standard InChI is InChI=1S/C28H31N5O3/c1-4-36-33(26(20(2)3)28(34)35-19-22-10-6-5-7-11-22)18-21-14-16-23(17-15-21)24-12-8-9-13-25(24)27-29-31-32-30-27/h5-17,20,26H,4,18-19H2,1-3H3,(H,29,30,31,32)/t26-/m0/s1. The summed E-state index contributed by atoms with van der Waals surface area (Å²) in [6.07, 6.45) is 0. The third-order valence-electron chi connectivity index (χ3n) is 5.82. The second-order valence-corrected chi connectivity index (χ2v) is 8.75. The maximum Gasteiger partial charge on any atom is 0.326 e. The zero-order valence-corrected chi connectivity index (χ0v) is 20.8. The molecule has 8 heteroatoms. The molecule has 3 aromatic carbocycles. The predicted octanol–water partition coefficient (Wildman–Crippen LogP) is 5.06. The van der Waals surface area contributed by atoms with Gasteiger partial charge < -0.3 is 4.74 Å². The number of H-pyrrole nitrogens is 1. The van der Waals surface area contributed by atoms with Crippen LogP contribution >= 0.6 is 0 Å². The van der Waals surface area contributed by atoms with E-state index in [2.05, 4.69) is 32.8 Å². The highest BCUT2D eigenvalue weighted by Crippen LogP contribution is 2.30. The molecule has 0 aliphatic carbocycles. The normalized spacial score (nSPS) is 12.1. The Bertz CT molecular complexity index is 1230. The van der Waals surface area contributed by atoms with Crippen LogP contribution in [0.4, 0.5) is 0 Å². The minimum atomic E-state index is -0.535. The van der Waals surface area contributed by atoms with E-state index in [-0.39, 0.29) is 18.5 Å². The maximum absolute atomic E-state index is 13.1. The molecule has 4 rings (SSSR count). The van der Waals surface area contributed by atoms with Crippen LogP contribution in [0.5, 0.6) is 0 Å². The molecule has 0 unspecified atom stereocenters. The number of ether oxygens (including phenoxy) is 1. The van der Waals surface area contributed by atoms with Gasteiger partial charge in [0.2, 0.25) is 5.82 Å². The Kier molecular flexibility index (Phi) is 8.54. The highest BCUT2D eigenvalue weighted by Gasteiger charge is 2.31. The SMILES string of the molecule is CCON(Cc1ccc(-c2ccccc2-c2nn[nH]n2)cc1)[C@H](C(=O)OCc1ccccc1)C(C)C. The van der Waals surface area contributed by atoms with Crippen LogP contribution in [0, 0.1) is 5.92 Å². The van der Waals surface area contributed by atoms with Gasteiger partial charge >= 0.3 is 5.97 Å². The molecule has 0 aliphatic heterocycles. The Morgan fingerprint density at radius 3 is 2.25 bits per heavy atom. The number of rotatable bonds is 11. The lowest BCUT2D eigenvalue weighted by Crippen LogP contribution is -2.45. The van der Waals surface area contributed by atoms with Gasteiger partial charge in [-0.2, -0.15) is 10.3 Å². The summed E-state index contributed by atoms with van der Waals surface area (Å²) in [6, 6.07) is 25.3. The summed E-state index contributed by atoms with van der Waals surface area (Å²) in [5.74, 6) is 0.250. The molecule has 1 N–H and O–H groups in total. The second kappa shape index (κ2) is 12.2. The molecule has 186 valence electrons. The summed E-state index contributed by atoms with van der Waals surface area (Å²) in [4.78, 5) is 19.0. The van der Waals surface area contributed by atoms with E-state index >= 15 is 0 Å². The van der Waals surface area contributed by atoms with Crippen LogP contribution in [0.25, 0.3) is 22.5 Å². The van der Waals surface area contributed by atoms with Gasteiger partial charge in [0.1, 0.15) is 12.6 Å². The first kappa shape index (κ1) is 25.2. The van der Waals surface area contributed by atoms with Crippen molar-refractivity contribution < 1.29 is 14.4 Å². The van der Waals surface area contributed by atoms with Crippen LogP contribution in [-0.2, 0) is 27.5 Å². The van der Waals surface area contributed by atoms with Crippen LogP contribution in [-0.4, -0.2) is 44.3 Å². The van der Waals surface area contributed by atoms with Crippen molar-refractivity contribution in [2.45, 2.75) is 40.0 Å². The van der Waals surface area contributed by atoms with Gasteiger partial charge in [0.25, 0.3) is 0 Å². The van der Waals surface area contributed by atoms with E-state index < -0.39 is 6.04 Å². The molecule has 1 heterocycles. The topological polar surface area (TPSA) is 93.2 Å². The van der Waals surface area contributed by atoms with E-state index in [4.69, 9.17) is 9.57 Å². The fourth-order valence-corrected chi connectivity index (χ4v) is 4.10. The average Bonchev–Trinajstić information content (AvgIpc) is 3.44. The molecule has 0 amide bonds. The minimum Gasteiger partial charge on any atom is -0.460 e. The summed E-state index contributed by atoms with van der Waals surface area (Å²) in [7, 11) is 0. The van der Waals surface area contributed by atoms with Crippen molar-refractivity contribution in [3.8, 4) is 22.5 Å². The number of nitrogens with one attached hydrogen (secondary N) is 1. The Hall–Kier alpha value is -3.88. The number of benzene rings is 3. The Labute approximate surface area is 211 Å². The van der Waals surface area contributed by atoms with Crippen molar-refractivity contribution in [2.24, 2.45) is 5.92 Å². The number of carbonyl (C=O) groups excluding carboxylic acids is 1. The molecular formula is C28H31N5O3. The maximum atomic E-state index is 13.1. The van der Waals surface area contributed by atoms with Crippen molar-refractivity contribution in [3.05, 3.63) is 90.0 Å². The van der Waals surface area contributed by atoms with Gasteiger partial charge in [0.05, 0.1) is 13.2 Å². The van der Waals surface area contributed by atoms with Crippen LogP contribution in [0.1, 0.15) is 31.9 Å². The number of hydrogen-bond acceptors (Lipinski definition) is 7. The molecule has 0 fully saturated rings. The van der Waals surface area contributed by atoms with Crippen molar-refractivity contribution in [3.63, 3.8) is 0 Å². The molecular weight excluding hydrogens is 454 g/mol. The Balaban J connectivity index is 1.50. The van der Waals surface area contributed by atoms with Gasteiger partial charge in [-0.25, -0.2) is 0 Å². The molecule has 0 saturated heterocycles. The monoisotopic (exact) mass is 485 g/mol. The van der Waals surface area contributed by atoms with Crippen molar-refractivity contribution >= 4 is 5.97 Å². The minimum absolute atomic E-state index is 0.000864. The van der Waals surface area contributed by atoms with Gasteiger partial charge in [-0.3, -0.25) is 9.63 Å². The Morgan fingerprint density at radius 2 is 1.61 bits per heavy atom. The van der Waals surface area contributed by atoms with E-state index in [1.54, 1.807) is 5.06 Å². The number of tetrazole rings is 1. The van der Waals surface area contributed by atoms with E-state index in [9.17, 15) is 4.79 Å². The third-order valence-corrected chi connectivity index (χ3v) is 5.82. The first-order valence-electron chi connectivity index (χ1n) is 12.1. The van der Waals surface area contributed by atoms with Gasteiger partial charge in [0.15, 0.2) is 0 Å². The average molecular weight is 486 g/mol. The first-order valence-corrected chi connectivity index (χ1v) is 12.1. The number of hydrogen-bond donors (Lipinski definition) is 1. The first-order chi connectivity index (χ1) is 17.6. The lowest BCUT2D eigenvalue weighted by molar-refractivity contribution is -0.212. The van der Waals surface area contributed by atoms with Gasteiger partial charge in [-0.05, 0) is 40.3 Å². The number of aromatic nitrogens is 4. The highest BCUT2D eigenvalue weighted by atomic mass is 16.7. The van der Waals surface area contributed by atoms with E-state index in [0.717, 1.165) is 27.8 Å². The number of carbonyl (C=O) groups is 1. The number of esters is 1. The van der Waals surface area contributed by atoms with Crippen molar-refractivity contribution in [1.82, 2.24) is 25.7 Å². The van der Waals surface area contributed by atoms with E-state index in [1.807, 2.05) is 87.5 Å². The molecule has 0 saturated carbocycles. The zero-order valence-electron chi connectivity index (χ0n) is 20.8. The number of nitrogens with zero attached hydrogens (tertiary/aromatic N) is 4. The molecule has 1 atom stereocenters. The molecule has 1 aromatic heterocycles. The molecule has 0 spiro atoms. The number of hydroxylamine groups is 2. The summed E-state index contributed by atoms with van der Waals surface area (Å²) in [6.45, 7) is 7.04. The molecule has 4 aromatic rings. The van der Waals surface area contributed by atoms with Crippen LogP contribution in [0.15, 0.2) is 78.9 Å². The van der Waals surface area contributed by atoms with Crippen LogP contribution < -0.4 is 0 Å². The summed E-state index contributed by atoms with van der Waals surface area (Å²) in [5, 5.41) is 16.2. The van der Waals surface area contributed by atoms with Crippen molar-refractivity contribution in [2.75, 3.05) is 6.61 Å². The van der Waals surface area contributed by atoms with Crippen LogP contribution in [0.2, 0.25) is 0 Å². The Morgan fingerprint density at radius 1 is 0.917 bits per heavy atom. The van der Waals surface area contributed by atoms with Gasteiger partial charge in [0, 0.05) is 5.56 Å². The van der Waals surface area contributed by atoms with E-state index in [0.29, 0.717) is 19.0 Å². The second-order valence-electron chi connectivity index (χ2n) is 8.75. The van der Waals surface area contributed by atoms with Gasteiger partial charge in [-0.15, -0.1) is 10.2 Å². The summed E-state index contributed by atoms with van der Waals surface area (Å²) >= 11 is 0. The third kappa shape index (κ3) is 6.21. The lowest BCUT2D eigenvalue weighted by atomic mass is 9.98. The molecule has 0 radical (unpaired) electrons. The highest BCUT2D eigenvalue weighted by molar-refractivity contribution is 5.80. The summed E-state index contributed by atoms with van der Waals surface area (Å²) < 4.78 is 5.66. The predicted molar refractivity (Wildman–Crippen MR) is 137 cm³/mol. The molecule has 8 nitrogen and oxygen atoms in total. The molecule has 0 aliphatic rings. The van der Waals surface area contributed by atoms with E-state index in [1.165, 1.54) is 0 Å². The fourth-order valence-electron chi connectivity index (χ4n) is 4.10. The van der Waals surface area contributed by atoms with Crippen LogP contribution in [0.3, 0.4) is 0 Å². The lowest BCUT2D eigenvalue weighted by Gasteiger charge is -2.31. The smallest absolute Gasteiger partial charge is 0.326 e. The summed E-state index contributed by atoms with van der Waals surface area (Å²) in [5.41, 5.74) is 4.91. The number of aromatic amines is 1. The quantitative estimate of drug-likeness (QED) is 0.235. The molecule has 36 heavy (non-hydrogen) atoms. The zero-order chi connectivity index (χ0) is 25.3. The van der Waals surface area contributed by atoms with Gasteiger partial charge in [-0.1, -0.05) is 92.7 Å². The van der Waals surface area contributed by atoms with Crippen molar-refractivity contribution in [1.29, 1.82) is 0 Å². The molecule has 0 bridgehead atoms. The largest absolute Gasteiger partial charge is 0.460 e. The fraction of sp³-hybridized carbons (Fsp3) is 0.286.